The third-order valence-electron chi connectivity index (χ3n) is 4.95. The lowest BCUT2D eigenvalue weighted by atomic mass is 9.98. The Hall–Kier alpha value is -2.08. The summed E-state index contributed by atoms with van der Waals surface area (Å²) >= 11 is 1.40. The van der Waals surface area contributed by atoms with Gasteiger partial charge in [-0.3, -0.25) is 9.20 Å². The van der Waals surface area contributed by atoms with Crippen molar-refractivity contribution in [1.82, 2.24) is 14.6 Å². The van der Waals surface area contributed by atoms with E-state index in [-0.39, 0.29) is 17.8 Å². The molecule has 0 unspecified atom stereocenters. The topological polar surface area (TPSA) is 56.5 Å². The Labute approximate surface area is 157 Å². The molecule has 0 aliphatic heterocycles. The summed E-state index contributed by atoms with van der Waals surface area (Å²) in [6.07, 6.45) is 5.65. The number of benzene rings is 1. The Balaban J connectivity index is 1.56. The van der Waals surface area contributed by atoms with Crippen molar-refractivity contribution in [2.75, 3.05) is 5.75 Å². The molecule has 0 radical (unpaired) electrons. The van der Waals surface area contributed by atoms with Crippen molar-refractivity contribution in [3.63, 3.8) is 0 Å². The van der Waals surface area contributed by atoms with Gasteiger partial charge in [-0.25, -0.2) is 0 Å². The summed E-state index contributed by atoms with van der Waals surface area (Å²) in [6.45, 7) is 4.12. The van der Waals surface area contributed by atoms with Crippen LogP contribution in [0.15, 0.2) is 29.4 Å². The van der Waals surface area contributed by atoms with Gasteiger partial charge in [0.2, 0.25) is 0 Å². The molecule has 0 saturated heterocycles. The largest absolute Gasteiger partial charge is 0.462 e. The van der Waals surface area contributed by atoms with Crippen LogP contribution in [0.25, 0.3) is 16.6 Å². The molecule has 1 fully saturated rings. The fourth-order valence-electron chi connectivity index (χ4n) is 3.65. The van der Waals surface area contributed by atoms with Gasteiger partial charge in [0.1, 0.15) is 6.10 Å². The van der Waals surface area contributed by atoms with E-state index in [1.165, 1.54) is 23.7 Å². The van der Waals surface area contributed by atoms with Crippen LogP contribution in [-0.4, -0.2) is 32.4 Å². The van der Waals surface area contributed by atoms with Crippen LogP contribution in [-0.2, 0) is 9.53 Å². The van der Waals surface area contributed by atoms with Crippen molar-refractivity contribution < 1.29 is 9.53 Å². The van der Waals surface area contributed by atoms with E-state index in [2.05, 4.69) is 41.4 Å². The minimum Gasteiger partial charge on any atom is -0.462 e. The third-order valence-corrected chi connectivity index (χ3v) is 5.85. The number of carbonyl (C=O) groups excluding carboxylic acids is 1. The molecule has 0 N–H and O–H groups in total. The van der Waals surface area contributed by atoms with Gasteiger partial charge in [0.15, 0.2) is 10.8 Å². The number of pyridine rings is 1. The fraction of sp³-hybridized carbons (Fsp3) is 0.450. The van der Waals surface area contributed by atoms with Gasteiger partial charge in [-0.05, 0) is 68.7 Å². The predicted octanol–water partition coefficient (Wildman–Crippen LogP) is 4.47. The molecule has 0 bridgehead atoms. The molecule has 136 valence electrons. The van der Waals surface area contributed by atoms with Crippen LogP contribution in [0.4, 0.5) is 0 Å². The molecule has 2 aromatic heterocycles. The molecular formula is C20H23N3O2S. The second-order valence-corrected chi connectivity index (χ2v) is 8.01. The number of aryl methyl sites for hydroxylation is 2. The normalized spacial score (nSPS) is 15.6. The second-order valence-electron chi connectivity index (χ2n) is 7.07. The first-order valence-corrected chi connectivity index (χ1v) is 10.2. The molecule has 1 saturated carbocycles. The first-order chi connectivity index (χ1) is 12.6. The van der Waals surface area contributed by atoms with Crippen molar-refractivity contribution in [3.8, 4) is 0 Å². The lowest BCUT2D eigenvalue weighted by Crippen LogP contribution is -2.22. The zero-order valence-electron chi connectivity index (χ0n) is 15.2. The Kier molecular flexibility index (Phi) is 4.85. The minimum absolute atomic E-state index is 0.0954. The SMILES string of the molecule is Cc1ccc2c(c1)cc(C)c1nnc(SCC(=O)OC3CCCCC3)n12. The number of ether oxygens (including phenoxy) is 1. The summed E-state index contributed by atoms with van der Waals surface area (Å²) in [5.74, 6) is 0.102. The number of hydrogen-bond acceptors (Lipinski definition) is 5. The Bertz CT molecular complexity index is 960. The van der Waals surface area contributed by atoms with E-state index in [0.717, 1.165) is 53.0 Å². The van der Waals surface area contributed by atoms with Crippen LogP contribution >= 0.6 is 11.8 Å². The lowest BCUT2D eigenvalue weighted by molar-refractivity contribution is -0.147. The van der Waals surface area contributed by atoms with E-state index in [0.29, 0.717) is 0 Å². The molecule has 0 amide bonds. The van der Waals surface area contributed by atoms with Crippen molar-refractivity contribution >= 4 is 34.3 Å². The third kappa shape index (κ3) is 3.43. The van der Waals surface area contributed by atoms with E-state index < -0.39 is 0 Å². The van der Waals surface area contributed by atoms with Crippen LogP contribution in [0, 0.1) is 13.8 Å². The van der Waals surface area contributed by atoms with Crippen LogP contribution < -0.4 is 0 Å². The summed E-state index contributed by atoms with van der Waals surface area (Å²) in [6, 6.07) is 8.47. The number of esters is 1. The first kappa shape index (κ1) is 17.3. The molecule has 0 spiro atoms. The van der Waals surface area contributed by atoms with E-state index in [4.69, 9.17) is 4.74 Å². The molecule has 3 aromatic rings. The van der Waals surface area contributed by atoms with E-state index >= 15 is 0 Å². The average molecular weight is 369 g/mol. The van der Waals surface area contributed by atoms with E-state index in [9.17, 15) is 4.79 Å². The monoisotopic (exact) mass is 369 g/mol. The van der Waals surface area contributed by atoms with Crippen molar-refractivity contribution in [1.29, 1.82) is 0 Å². The number of nitrogens with zero attached hydrogens (tertiary/aromatic N) is 3. The summed E-state index contributed by atoms with van der Waals surface area (Å²) in [7, 11) is 0. The number of hydrogen-bond donors (Lipinski definition) is 0. The molecule has 6 heteroatoms. The van der Waals surface area contributed by atoms with Crippen LogP contribution in [0.3, 0.4) is 0 Å². The molecule has 1 aromatic carbocycles. The standard InChI is InChI=1S/C20H23N3O2S/c1-13-8-9-17-15(10-13)11-14(2)19-21-22-20(23(17)19)26-12-18(24)25-16-6-4-3-5-7-16/h8-11,16H,3-7,12H2,1-2H3. The van der Waals surface area contributed by atoms with Gasteiger partial charge in [-0.15, -0.1) is 10.2 Å². The Morgan fingerprint density at radius 2 is 2.00 bits per heavy atom. The molecule has 2 heterocycles. The highest BCUT2D eigenvalue weighted by Crippen LogP contribution is 2.27. The van der Waals surface area contributed by atoms with Gasteiger partial charge in [0.05, 0.1) is 11.3 Å². The van der Waals surface area contributed by atoms with Crippen LogP contribution in [0.5, 0.6) is 0 Å². The zero-order valence-corrected chi connectivity index (χ0v) is 16.0. The summed E-state index contributed by atoms with van der Waals surface area (Å²) in [5.41, 5.74) is 4.19. The maximum absolute atomic E-state index is 12.2. The highest BCUT2D eigenvalue weighted by molar-refractivity contribution is 7.99. The van der Waals surface area contributed by atoms with Gasteiger partial charge in [-0.2, -0.15) is 0 Å². The highest BCUT2D eigenvalue weighted by Gasteiger charge is 2.19. The molecular weight excluding hydrogens is 346 g/mol. The lowest BCUT2D eigenvalue weighted by Gasteiger charge is -2.21. The van der Waals surface area contributed by atoms with Crippen molar-refractivity contribution in [3.05, 3.63) is 35.4 Å². The summed E-state index contributed by atoms with van der Waals surface area (Å²) < 4.78 is 7.66. The number of carbonyl (C=O) groups is 1. The zero-order chi connectivity index (χ0) is 18.1. The number of aromatic nitrogens is 3. The van der Waals surface area contributed by atoms with E-state index in [1.54, 1.807) is 0 Å². The smallest absolute Gasteiger partial charge is 0.316 e. The fourth-order valence-corrected chi connectivity index (χ4v) is 4.38. The number of rotatable bonds is 4. The quantitative estimate of drug-likeness (QED) is 0.502. The van der Waals surface area contributed by atoms with Gasteiger partial charge in [0.25, 0.3) is 0 Å². The predicted molar refractivity (Wildman–Crippen MR) is 104 cm³/mol. The van der Waals surface area contributed by atoms with Gasteiger partial charge in [-0.1, -0.05) is 29.8 Å². The minimum atomic E-state index is -0.161. The Morgan fingerprint density at radius 1 is 1.19 bits per heavy atom. The number of fused-ring (bicyclic) bond motifs is 3. The molecule has 1 aliphatic carbocycles. The van der Waals surface area contributed by atoms with Gasteiger partial charge < -0.3 is 4.74 Å². The molecule has 0 atom stereocenters. The highest BCUT2D eigenvalue weighted by atomic mass is 32.2. The first-order valence-electron chi connectivity index (χ1n) is 9.19. The van der Waals surface area contributed by atoms with Crippen molar-refractivity contribution in [2.24, 2.45) is 0 Å². The van der Waals surface area contributed by atoms with Crippen LogP contribution in [0.1, 0.15) is 43.2 Å². The summed E-state index contributed by atoms with van der Waals surface area (Å²) in [5, 5.41) is 10.5. The average Bonchev–Trinajstić information content (AvgIpc) is 3.05. The molecule has 4 rings (SSSR count). The molecule has 5 nitrogen and oxygen atoms in total. The van der Waals surface area contributed by atoms with Gasteiger partial charge in [0, 0.05) is 0 Å². The second kappa shape index (κ2) is 7.27. The summed E-state index contributed by atoms with van der Waals surface area (Å²) in [4.78, 5) is 12.2. The van der Waals surface area contributed by atoms with Gasteiger partial charge >= 0.3 is 5.97 Å². The molecule has 1 aliphatic rings. The number of thioether (sulfide) groups is 1. The molecule has 26 heavy (non-hydrogen) atoms. The Morgan fingerprint density at radius 3 is 2.81 bits per heavy atom. The maximum Gasteiger partial charge on any atom is 0.316 e. The van der Waals surface area contributed by atoms with Crippen LogP contribution in [0.2, 0.25) is 0 Å². The van der Waals surface area contributed by atoms with E-state index in [1.807, 2.05) is 11.3 Å². The maximum atomic E-state index is 12.2. The van der Waals surface area contributed by atoms with Crippen molar-refractivity contribution in [2.45, 2.75) is 57.2 Å².